The van der Waals surface area contributed by atoms with E-state index in [2.05, 4.69) is 15.2 Å². The van der Waals surface area contributed by atoms with E-state index in [-0.39, 0.29) is 11.7 Å². The number of rotatable bonds is 4. The number of benzene rings is 2. The Labute approximate surface area is 156 Å². The molecule has 0 saturated carbocycles. The van der Waals surface area contributed by atoms with Crippen LogP contribution in [0.5, 0.6) is 0 Å². The van der Waals surface area contributed by atoms with Crippen LogP contribution in [0.1, 0.15) is 10.5 Å². The van der Waals surface area contributed by atoms with Crippen molar-refractivity contribution >= 4 is 17.3 Å². The van der Waals surface area contributed by atoms with Crippen molar-refractivity contribution in [2.45, 2.75) is 0 Å². The molecule has 138 valence electrons. The first-order chi connectivity index (χ1) is 13.2. The number of aromatic nitrogens is 2. The maximum atomic E-state index is 13.2. The van der Waals surface area contributed by atoms with Gasteiger partial charge in [0.2, 0.25) is 0 Å². The van der Waals surface area contributed by atoms with Gasteiger partial charge in [-0.1, -0.05) is 12.1 Å². The molecule has 3 aromatic rings. The lowest BCUT2D eigenvalue weighted by molar-refractivity contribution is 0.102. The predicted octanol–water partition coefficient (Wildman–Crippen LogP) is 3.10. The molecule has 1 fully saturated rings. The molecule has 0 aliphatic carbocycles. The number of carbonyl (C=O) groups is 1. The number of morpholine rings is 1. The average Bonchev–Trinajstić information content (AvgIpc) is 3.20. The zero-order chi connectivity index (χ0) is 18.6. The summed E-state index contributed by atoms with van der Waals surface area (Å²) in [7, 11) is 0. The van der Waals surface area contributed by atoms with Gasteiger partial charge in [-0.05, 0) is 36.4 Å². The van der Waals surface area contributed by atoms with Gasteiger partial charge in [-0.2, -0.15) is 0 Å². The quantitative estimate of drug-likeness (QED) is 0.771. The van der Waals surface area contributed by atoms with Crippen molar-refractivity contribution in [3.8, 4) is 5.69 Å². The molecular weight excluding hydrogens is 347 g/mol. The second-order valence-corrected chi connectivity index (χ2v) is 6.20. The topological polar surface area (TPSA) is 59.4 Å². The zero-order valence-corrected chi connectivity index (χ0v) is 14.6. The SMILES string of the molecule is O=C(Nc1ccccc1N1CCOCC1)c1cncn1-c1ccc(F)cc1. The highest BCUT2D eigenvalue weighted by molar-refractivity contribution is 6.05. The van der Waals surface area contributed by atoms with Gasteiger partial charge < -0.3 is 15.0 Å². The molecule has 4 rings (SSSR count). The molecule has 0 spiro atoms. The summed E-state index contributed by atoms with van der Waals surface area (Å²) >= 11 is 0. The number of nitrogens with zero attached hydrogens (tertiary/aromatic N) is 3. The molecule has 0 radical (unpaired) electrons. The molecule has 2 heterocycles. The summed E-state index contributed by atoms with van der Waals surface area (Å²) in [6.45, 7) is 2.89. The molecule has 2 aromatic carbocycles. The van der Waals surface area contributed by atoms with Crippen LogP contribution in [0, 0.1) is 5.82 Å². The van der Waals surface area contributed by atoms with E-state index in [0.29, 0.717) is 24.6 Å². The monoisotopic (exact) mass is 366 g/mol. The number of imidazole rings is 1. The van der Waals surface area contributed by atoms with E-state index in [0.717, 1.165) is 24.5 Å². The van der Waals surface area contributed by atoms with Crippen LogP contribution in [0.2, 0.25) is 0 Å². The number of para-hydroxylation sites is 2. The van der Waals surface area contributed by atoms with Gasteiger partial charge in [0.1, 0.15) is 11.5 Å². The van der Waals surface area contributed by atoms with Crippen LogP contribution in [0.15, 0.2) is 61.1 Å². The summed E-state index contributed by atoms with van der Waals surface area (Å²) in [5.41, 5.74) is 2.73. The highest BCUT2D eigenvalue weighted by atomic mass is 19.1. The lowest BCUT2D eigenvalue weighted by atomic mass is 10.2. The summed E-state index contributed by atoms with van der Waals surface area (Å²) in [5, 5.41) is 2.98. The van der Waals surface area contributed by atoms with E-state index in [1.807, 2.05) is 24.3 Å². The van der Waals surface area contributed by atoms with Crippen LogP contribution in [-0.2, 0) is 4.74 Å². The summed E-state index contributed by atoms with van der Waals surface area (Å²) < 4.78 is 20.2. The van der Waals surface area contributed by atoms with Gasteiger partial charge in [-0.15, -0.1) is 0 Å². The van der Waals surface area contributed by atoms with Crippen LogP contribution in [0.4, 0.5) is 15.8 Å². The molecule has 7 heteroatoms. The summed E-state index contributed by atoms with van der Waals surface area (Å²) in [6, 6.07) is 13.6. The fourth-order valence-corrected chi connectivity index (χ4v) is 3.12. The summed E-state index contributed by atoms with van der Waals surface area (Å²) in [4.78, 5) is 19.2. The Balaban J connectivity index is 1.59. The molecular formula is C20H19FN4O2. The molecule has 0 atom stereocenters. The van der Waals surface area contributed by atoms with E-state index in [9.17, 15) is 9.18 Å². The standard InChI is InChI=1S/C20H19FN4O2/c21-15-5-7-16(8-6-15)25-14-22-13-19(25)20(26)23-17-3-1-2-4-18(17)24-9-11-27-12-10-24/h1-8,13-14H,9-12H2,(H,23,26). The minimum atomic E-state index is -0.329. The molecule has 1 aliphatic heterocycles. The van der Waals surface area contributed by atoms with Crippen LogP contribution >= 0.6 is 0 Å². The highest BCUT2D eigenvalue weighted by Crippen LogP contribution is 2.27. The third-order valence-electron chi connectivity index (χ3n) is 4.48. The zero-order valence-electron chi connectivity index (χ0n) is 14.6. The van der Waals surface area contributed by atoms with Crippen molar-refractivity contribution in [2.75, 3.05) is 36.5 Å². The molecule has 0 bridgehead atoms. The number of anilines is 2. The van der Waals surface area contributed by atoms with Crippen molar-refractivity contribution in [1.82, 2.24) is 9.55 Å². The van der Waals surface area contributed by atoms with Gasteiger partial charge in [0.05, 0.1) is 37.1 Å². The average molecular weight is 366 g/mol. The van der Waals surface area contributed by atoms with Crippen molar-refractivity contribution in [3.05, 3.63) is 72.6 Å². The number of carbonyl (C=O) groups excluding carboxylic acids is 1. The van der Waals surface area contributed by atoms with Crippen molar-refractivity contribution in [2.24, 2.45) is 0 Å². The first-order valence-corrected chi connectivity index (χ1v) is 8.74. The normalized spacial score (nSPS) is 14.2. The lowest BCUT2D eigenvalue weighted by Gasteiger charge is -2.30. The minimum absolute atomic E-state index is 0.280. The predicted molar refractivity (Wildman–Crippen MR) is 101 cm³/mol. The van der Waals surface area contributed by atoms with Crippen LogP contribution in [0.25, 0.3) is 5.69 Å². The fourth-order valence-electron chi connectivity index (χ4n) is 3.12. The second kappa shape index (κ2) is 7.59. The molecule has 0 unspecified atom stereocenters. The Bertz CT molecular complexity index is 933. The smallest absolute Gasteiger partial charge is 0.274 e. The van der Waals surface area contributed by atoms with E-state index in [1.54, 1.807) is 16.7 Å². The number of halogens is 1. The minimum Gasteiger partial charge on any atom is -0.378 e. The summed E-state index contributed by atoms with van der Waals surface area (Å²) in [5.74, 6) is -0.609. The Hall–Kier alpha value is -3.19. The number of hydrogen-bond donors (Lipinski definition) is 1. The maximum absolute atomic E-state index is 13.2. The van der Waals surface area contributed by atoms with E-state index in [1.165, 1.54) is 24.7 Å². The highest BCUT2D eigenvalue weighted by Gasteiger charge is 2.18. The third-order valence-corrected chi connectivity index (χ3v) is 4.48. The fraction of sp³-hybridized carbons (Fsp3) is 0.200. The molecule has 1 N–H and O–H groups in total. The summed E-state index contributed by atoms with van der Waals surface area (Å²) in [6.07, 6.45) is 3.03. The number of nitrogens with one attached hydrogen (secondary N) is 1. The van der Waals surface area contributed by atoms with Gasteiger partial charge in [0.25, 0.3) is 5.91 Å². The molecule has 1 aliphatic rings. The molecule has 6 nitrogen and oxygen atoms in total. The van der Waals surface area contributed by atoms with Crippen molar-refractivity contribution < 1.29 is 13.9 Å². The number of amides is 1. The van der Waals surface area contributed by atoms with Crippen LogP contribution in [0.3, 0.4) is 0 Å². The maximum Gasteiger partial charge on any atom is 0.274 e. The van der Waals surface area contributed by atoms with Crippen LogP contribution < -0.4 is 10.2 Å². The van der Waals surface area contributed by atoms with E-state index < -0.39 is 0 Å². The first kappa shape index (κ1) is 17.2. The Morgan fingerprint density at radius 2 is 1.81 bits per heavy atom. The van der Waals surface area contributed by atoms with Crippen LogP contribution in [-0.4, -0.2) is 41.8 Å². The Morgan fingerprint density at radius 3 is 2.59 bits per heavy atom. The van der Waals surface area contributed by atoms with Gasteiger partial charge in [-0.3, -0.25) is 9.36 Å². The van der Waals surface area contributed by atoms with Gasteiger partial charge in [0.15, 0.2) is 0 Å². The Kier molecular flexibility index (Phi) is 4.84. The van der Waals surface area contributed by atoms with Gasteiger partial charge >= 0.3 is 0 Å². The van der Waals surface area contributed by atoms with Crippen molar-refractivity contribution in [3.63, 3.8) is 0 Å². The van der Waals surface area contributed by atoms with Gasteiger partial charge in [-0.25, -0.2) is 9.37 Å². The van der Waals surface area contributed by atoms with E-state index in [4.69, 9.17) is 4.74 Å². The van der Waals surface area contributed by atoms with E-state index >= 15 is 0 Å². The first-order valence-electron chi connectivity index (χ1n) is 8.74. The molecule has 1 saturated heterocycles. The second-order valence-electron chi connectivity index (χ2n) is 6.20. The molecule has 27 heavy (non-hydrogen) atoms. The Morgan fingerprint density at radius 1 is 1.07 bits per heavy atom. The number of hydrogen-bond acceptors (Lipinski definition) is 4. The largest absolute Gasteiger partial charge is 0.378 e. The molecule has 1 aromatic heterocycles. The lowest BCUT2D eigenvalue weighted by Crippen LogP contribution is -2.36. The van der Waals surface area contributed by atoms with Crippen molar-refractivity contribution in [1.29, 1.82) is 0 Å². The van der Waals surface area contributed by atoms with Gasteiger partial charge in [0, 0.05) is 18.8 Å². The number of ether oxygens (including phenoxy) is 1. The third kappa shape index (κ3) is 3.68. The molecule has 1 amide bonds.